The molecule has 1 amide bonds. The van der Waals surface area contributed by atoms with Gasteiger partial charge in [0.2, 0.25) is 5.91 Å². The topological polar surface area (TPSA) is 83.9 Å². The van der Waals surface area contributed by atoms with Gasteiger partial charge in [0.15, 0.2) is 5.78 Å². The number of ether oxygens (including phenoxy) is 1. The Kier molecular flexibility index (Phi) is 4.02. The van der Waals surface area contributed by atoms with Crippen molar-refractivity contribution in [1.29, 1.82) is 0 Å². The summed E-state index contributed by atoms with van der Waals surface area (Å²) in [5.74, 6) is -1.03. The van der Waals surface area contributed by atoms with E-state index in [0.717, 1.165) is 10.5 Å². The average Bonchev–Trinajstić information content (AvgIpc) is 2.82. The van der Waals surface area contributed by atoms with Crippen LogP contribution in [0.15, 0.2) is 24.3 Å². The van der Waals surface area contributed by atoms with Gasteiger partial charge in [0.05, 0.1) is 20.1 Å². The van der Waals surface area contributed by atoms with E-state index in [-0.39, 0.29) is 31.1 Å². The van der Waals surface area contributed by atoms with Crippen LogP contribution in [0, 0.1) is 0 Å². The maximum Gasteiger partial charge on any atom is 0.326 e. The Morgan fingerprint density at radius 1 is 1.35 bits per heavy atom. The Bertz CT molecular complexity index is 537. The maximum absolute atomic E-state index is 12.1. The second-order valence-corrected chi connectivity index (χ2v) is 4.64. The number of hydrogen-bond donors (Lipinski definition) is 1. The van der Waals surface area contributed by atoms with Gasteiger partial charge in [-0.05, 0) is 17.7 Å². The monoisotopic (exact) mass is 277 g/mol. The van der Waals surface area contributed by atoms with Gasteiger partial charge in [-0.15, -0.1) is 0 Å². The predicted octanol–water partition coefficient (Wildman–Crippen LogP) is 0.492. The lowest BCUT2D eigenvalue weighted by Crippen LogP contribution is -2.41. The van der Waals surface area contributed by atoms with Gasteiger partial charge >= 0.3 is 5.97 Å². The van der Waals surface area contributed by atoms with Crippen molar-refractivity contribution in [2.24, 2.45) is 0 Å². The molecule has 6 nitrogen and oxygen atoms in total. The zero-order valence-electron chi connectivity index (χ0n) is 11.0. The predicted molar refractivity (Wildman–Crippen MR) is 69.5 cm³/mol. The first-order valence-electron chi connectivity index (χ1n) is 6.18. The summed E-state index contributed by atoms with van der Waals surface area (Å²) in [6.45, 7) is -0.119. The maximum atomic E-state index is 12.1. The van der Waals surface area contributed by atoms with Crippen molar-refractivity contribution in [2.45, 2.75) is 18.9 Å². The van der Waals surface area contributed by atoms with Crippen molar-refractivity contribution in [3.63, 3.8) is 0 Å². The highest BCUT2D eigenvalue weighted by atomic mass is 16.5. The van der Waals surface area contributed by atoms with E-state index in [2.05, 4.69) is 0 Å². The minimum Gasteiger partial charge on any atom is -0.497 e. The van der Waals surface area contributed by atoms with Crippen LogP contribution < -0.4 is 4.74 Å². The van der Waals surface area contributed by atoms with Gasteiger partial charge in [0.25, 0.3) is 0 Å². The third-order valence-electron chi connectivity index (χ3n) is 3.26. The normalized spacial score (nSPS) is 18.1. The first kappa shape index (κ1) is 14.0. The molecule has 1 heterocycles. The lowest BCUT2D eigenvalue weighted by Gasteiger charge is -2.20. The number of benzene rings is 1. The van der Waals surface area contributed by atoms with E-state index < -0.39 is 12.0 Å². The van der Waals surface area contributed by atoms with Gasteiger partial charge in [-0.2, -0.15) is 0 Å². The molecule has 1 aromatic rings. The third-order valence-corrected chi connectivity index (χ3v) is 3.26. The number of hydrogen-bond acceptors (Lipinski definition) is 4. The van der Waals surface area contributed by atoms with Crippen LogP contribution in [0.5, 0.6) is 5.75 Å². The number of aliphatic carboxylic acids is 1. The molecule has 20 heavy (non-hydrogen) atoms. The molecule has 106 valence electrons. The van der Waals surface area contributed by atoms with Crippen LogP contribution in [0.2, 0.25) is 0 Å². The fraction of sp³-hybridized carbons (Fsp3) is 0.357. The number of Topliss-reactive ketones (excluding diaryl/α,β-unsaturated/α-hetero) is 1. The second kappa shape index (κ2) is 5.73. The minimum atomic E-state index is -1.14. The highest BCUT2D eigenvalue weighted by molar-refractivity contribution is 5.97. The van der Waals surface area contributed by atoms with Crippen molar-refractivity contribution in [3.8, 4) is 5.75 Å². The van der Waals surface area contributed by atoms with Gasteiger partial charge < -0.3 is 14.7 Å². The zero-order chi connectivity index (χ0) is 14.7. The largest absolute Gasteiger partial charge is 0.497 e. The average molecular weight is 277 g/mol. The Morgan fingerprint density at radius 2 is 2.00 bits per heavy atom. The molecule has 2 rings (SSSR count). The molecule has 1 unspecified atom stereocenters. The van der Waals surface area contributed by atoms with Crippen molar-refractivity contribution in [2.75, 3.05) is 13.7 Å². The number of amides is 1. The SMILES string of the molecule is COc1ccc(CC(=O)N2CC(=O)CC2C(=O)O)cc1. The molecule has 1 aliphatic heterocycles. The molecule has 1 N–H and O–H groups in total. The number of rotatable bonds is 4. The number of nitrogens with zero attached hydrogens (tertiary/aromatic N) is 1. The molecule has 1 saturated heterocycles. The van der Waals surface area contributed by atoms with Gasteiger partial charge in [-0.3, -0.25) is 9.59 Å². The van der Waals surface area contributed by atoms with Gasteiger partial charge in [0.1, 0.15) is 11.8 Å². The van der Waals surface area contributed by atoms with E-state index in [4.69, 9.17) is 9.84 Å². The number of methoxy groups -OCH3 is 1. The van der Waals surface area contributed by atoms with E-state index in [1.165, 1.54) is 0 Å². The Balaban J connectivity index is 2.06. The second-order valence-electron chi connectivity index (χ2n) is 4.64. The molecule has 0 aliphatic carbocycles. The van der Waals surface area contributed by atoms with E-state index in [1.807, 2.05) is 0 Å². The first-order valence-corrected chi connectivity index (χ1v) is 6.18. The summed E-state index contributed by atoms with van der Waals surface area (Å²) in [5.41, 5.74) is 0.749. The molecule has 0 bridgehead atoms. The quantitative estimate of drug-likeness (QED) is 0.866. The standard InChI is InChI=1S/C14H15NO5/c1-20-11-4-2-9(3-5-11)6-13(17)15-8-10(16)7-12(15)14(18)19/h2-5,12H,6-8H2,1H3,(H,18,19). The summed E-state index contributed by atoms with van der Waals surface area (Å²) < 4.78 is 5.02. The Labute approximate surface area is 115 Å². The van der Waals surface area contributed by atoms with Crippen LogP contribution in [0.3, 0.4) is 0 Å². The molecular formula is C14H15NO5. The smallest absolute Gasteiger partial charge is 0.326 e. The summed E-state index contributed by atoms with van der Waals surface area (Å²) in [6.07, 6.45) is -0.0370. The summed E-state index contributed by atoms with van der Waals surface area (Å²) in [5, 5.41) is 9.02. The molecule has 1 atom stereocenters. The van der Waals surface area contributed by atoms with Crippen LogP contribution in [0.4, 0.5) is 0 Å². The molecule has 0 aromatic heterocycles. The fourth-order valence-corrected chi connectivity index (χ4v) is 2.19. The number of carbonyl (C=O) groups is 3. The summed E-state index contributed by atoms with van der Waals surface area (Å²) in [6, 6.07) is 5.90. The summed E-state index contributed by atoms with van der Waals surface area (Å²) in [7, 11) is 1.55. The number of carboxylic acid groups (broad SMARTS) is 1. The Morgan fingerprint density at radius 3 is 2.55 bits per heavy atom. The fourth-order valence-electron chi connectivity index (χ4n) is 2.19. The van der Waals surface area contributed by atoms with Gasteiger partial charge in [-0.1, -0.05) is 12.1 Å². The van der Waals surface area contributed by atoms with Gasteiger partial charge in [0, 0.05) is 6.42 Å². The van der Waals surface area contributed by atoms with Crippen molar-refractivity contribution < 1.29 is 24.2 Å². The van der Waals surface area contributed by atoms with Gasteiger partial charge in [-0.25, -0.2) is 4.79 Å². The van der Waals surface area contributed by atoms with E-state index >= 15 is 0 Å². The third kappa shape index (κ3) is 2.96. The van der Waals surface area contributed by atoms with Crippen LogP contribution in [-0.4, -0.2) is 47.4 Å². The number of likely N-dealkylation sites (tertiary alicyclic amines) is 1. The number of carboxylic acids is 1. The summed E-state index contributed by atoms with van der Waals surface area (Å²) >= 11 is 0. The molecule has 1 aliphatic rings. The molecule has 1 fully saturated rings. The highest BCUT2D eigenvalue weighted by Crippen LogP contribution is 2.18. The molecule has 1 aromatic carbocycles. The van der Waals surface area contributed by atoms with Crippen LogP contribution in [-0.2, 0) is 20.8 Å². The lowest BCUT2D eigenvalue weighted by atomic mass is 10.1. The van der Waals surface area contributed by atoms with Crippen LogP contribution in [0.25, 0.3) is 0 Å². The minimum absolute atomic E-state index is 0.0705. The van der Waals surface area contributed by atoms with Crippen LogP contribution >= 0.6 is 0 Å². The molecule has 0 saturated carbocycles. The molecule has 0 radical (unpaired) electrons. The number of ketones is 1. The van der Waals surface area contributed by atoms with E-state index in [9.17, 15) is 14.4 Å². The molecule has 0 spiro atoms. The van der Waals surface area contributed by atoms with Crippen LogP contribution in [0.1, 0.15) is 12.0 Å². The highest BCUT2D eigenvalue weighted by Gasteiger charge is 2.38. The van der Waals surface area contributed by atoms with Crippen molar-refractivity contribution >= 4 is 17.7 Å². The number of carbonyl (C=O) groups excluding carboxylic acids is 2. The van der Waals surface area contributed by atoms with E-state index in [1.54, 1.807) is 31.4 Å². The Hall–Kier alpha value is -2.37. The molecule has 6 heteroatoms. The van der Waals surface area contributed by atoms with Crippen molar-refractivity contribution in [3.05, 3.63) is 29.8 Å². The van der Waals surface area contributed by atoms with Crippen molar-refractivity contribution in [1.82, 2.24) is 4.90 Å². The van der Waals surface area contributed by atoms with E-state index in [0.29, 0.717) is 5.75 Å². The zero-order valence-corrected chi connectivity index (χ0v) is 11.0. The lowest BCUT2D eigenvalue weighted by molar-refractivity contribution is -0.148. The molecular weight excluding hydrogens is 262 g/mol. The summed E-state index contributed by atoms with van der Waals surface area (Å²) in [4.78, 5) is 35.6. The first-order chi connectivity index (χ1) is 9.51.